The fourth-order valence-corrected chi connectivity index (χ4v) is 3.87. The van der Waals surface area contributed by atoms with Crippen LogP contribution in [0.25, 0.3) is 0 Å². The molecule has 142 valence electrons. The molecule has 3 rings (SSSR count). The molecular weight excluding hydrogens is 487 g/mol. The number of benzene rings is 1. The fourth-order valence-electron chi connectivity index (χ4n) is 2.59. The lowest BCUT2D eigenvalue weighted by Gasteiger charge is -2.35. The number of hydrogen-bond donors (Lipinski definition) is 2. The lowest BCUT2D eigenvalue weighted by Crippen LogP contribution is -2.51. The van der Waals surface area contributed by atoms with Gasteiger partial charge in [0.2, 0.25) is 10.0 Å². The van der Waals surface area contributed by atoms with Crippen molar-refractivity contribution in [1.29, 1.82) is 0 Å². The Hall–Kier alpha value is -1.44. The molecule has 2 aromatic rings. The molecule has 8 nitrogen and oxygen atoms in total. The molecule has 1 aromatic carbocycles. The quantitative estimate of drug-likeness (QED) is 0.362. The molecule has 2 heterocycles. The number of nitrogens with zero attached hydrogens (tertiary/aromatic N) is 4. The Kier molecular flexibility index (Phi) is 7.20. The molecule has 0 aliphatic carbocycles. The summed E-state index contributed by atoms with van der Waals surface area (Å²) in [5.41, 5.74) is 6.83. The zero-order valence-electron chi connectivity index (χ0n) is 14.0. The van der Waals surface area contributed by atoms with Crippen LogP contribution in [0, 0.1) is 0 Å². The summed E-state index contributed by atoms with van der Waals surface area (Å²) in [6, 6.07) is 6.43. The normalized spacial score (nSPS) is 15.7. The van der Waals surface area contributed by atoms with Crippen LogP contribution in [-0.2, 0) is 16.6 Å². The minimum Gasteiger partial charge on any atom is -0.370 e. The van der Waals surface area contributed by atoms with E-state index in [1.54, 1.807) is 29.7 Å². The van der Waals surface area contributed by atoms with Gasteiger partial charge in [-0.3, -0.25) is 0 Å². The van der Waals surface area contributed by atoms with Gasteiger partial charge in [-0.1, -0.05) is 12.1 Å². The number of piperazine rings is 1. The second kappa shape index (κ2) is 8.97. The molecule has 26 heavy (non-hydrogen) atoms. The maximum atomic E-state index is 11.4. The monoisotopic (exact) mass is 508 g/mol. The summed E-state index contributed by atoms with van der Waals surface area (Å²) < 4.78 is 22.8. The average molecular weight is 508 g/mol. The Morgan fingerprint density at radius 3 is 2.62 bits per heavy atom. The van der Waals surface area contributed by atoms with Gasteiger partial charge in [-0.2, -0.15) is 0 Å². The second-order valence-electron chi connectivity index (χ2n) is 5.66. The number of primary sulfonamides is 1. The first-order valence-electron chi connectivity index (χ1n) is 7.74. The van der Waals surface area contributed by atoms with Crippen molar-refractivity contribution in [2.75, 3.05) is 31.1 Å². The number of hydrogen-bond acceptors (Lipinski definition) is 6. The van der Waals surface area contributed by atoms with Crippen molar-refractivity contribution in [3.8, 4) is 0 Å². The third-order valence-corrected chi connectivity index (χ3v) is 5.69. The van der Waals surface area contributed by atoms with Crippen molar-refractivity contribution in [2.24, 2.45) is 15.9 Å². The number of sulfonamides is 1. The maximum absolute atomic E-state index is 11.4. The van der Waals surface area contributed by atoms with E-state index in [2.05, 4.69) is 14.9 Å². The number of nitrogens with two attached hydrogens (primary N) is 2. The summed E-state index contributed by atoms with van der Waals surface area (Å²) in [6.45, 7) is 3.52. The fraction of sp³-hybridized carbons (Fsp3) is 0.333. The Morgan fingerprint density at radius 1 is 1.27 bits per heavy atom. The van der Waals surface area contributed by atoms with Gasteiger partial charge in [-0.25, -0.2) is 23.5 Å². The van der Waals surface area contributed by atoms with Crippen molar-refractivity contribution in [3.63, 3.8) is 0 Å². The molecular formula is C15H21IN6O2S2. The standard InChI is InChI=1S/C15H20N6O2S2.HI/c16-14(19-11-12-2-1-3-13(10-12)25(17,22)23)20-5-7-21(8-6-20)15-18-4-9-24-15;/h1-4,9-10H,5-8,11H2,(H2,16,19)(H2,17,22,23);1H. The number of halogens is 1. The third kappa shape index (κ3) is 5.28. The van der Waals surface area contributed by atoms with Gasteiger partial charge in [0.15, 0.2) is 11.1 Å². The molecule has 0 amide bonds. The molecule has 1 fully saturated rings. The van der Waals surface area contributed by atoms with Crippen molar-refractivity contribution >= 4 is 56.4 Å². The Balaban J connectivity index is 0.00000243. The van der Waals surface area contributed by atoms with Crippen LogP contribution in [0.5, 0.6) is 0 Å². The molecule has 11 heteroatoms. The van der Waals surface area contributed by atoms with Crippen molar-refractivity contribution < 1.29 is 8.42 Å². The summed E-state index contributed by atoms with van der Waals surface area (Å²) in [5.74, 6) is 0.458. The zero-order chi connectivity index (χ0) is 17.9. The molecule has 1 saturated heterocycles. The third-order valence-electron chi connectivity index (χ3n) is 3.94. The van der Waals surface area contributed by atoms with Crippen LogP contribution in [0.3, 0.4) is 0 Å². The summed E-state index contributed by atoms with van der Waals surface area (Å²) >= 11 is 1.63. The molecule has 1 aliphatic heterocycles. The summed E-state index contributed by atoms with van der Waals surface area (Å²) in [7, 11) is -3.71. The van der Waals surface area contributed by atoms with Crippen LogP contribution in [0.15, 0.2) is 45.7 Å². The summed E-state index contributed by atoms with van der Waals surface area (Å²) in [6.07, 6.45) is 1.80. The minimum atomic E-state index is -3.71. The first kappa shape index (κ1) is 20.9. The van der Waals surface area contributed by atoms with E-state index >= 15 is 0 Å². The van der Waals surface area contributed by atoms with E-state index in [1.165, 1.54) is 12.1 Å². The van der Waals surface area contributed by atoms with Gasteiger partial charge in [-0.15, -0.1) is 35.3 Å². The van der Waals surface area contributed by atoms with E-state index in [0.717, 1.165) is 36.9 Å². The number of guanidine groups is 1. The lowest BCUT2D eigenvalue weighted by molar-refractivity contribution is 0.380. The number of anilines is 1. The molecule has 0 atom stereocenters. The van der Waals surface area contributed by atoms with Crippen LogP contribution in [0.2, 0.25) is 0 Å². The average Bonchev–Trinajstić information content (AvgIpc) is 3.14. The van der Waals surface area contributed by atoms with Crippen LogP contribution >= 0.6 is 35.3 Å². The van der Waals surface area contributed by atoms with Gasteiger partial charge >= 0.3 is 0 Å². The molecule has 0 saturated carbocycles. The summed E-state index contributed by atoms with van der Waals surface area (Å²) in [4.78, 5) is 13.0. The Labute approximate surface area is 174 Å². The van der Waals surface area contributed by atoms with Crippen LogP contribution in [0.1, 0.15) is 5.56 Å². The predicted octanol–water partition coefficient (Wildman–Crippen LogP) is 1.05. The molecule has 1 aromatic heterocycles. The topological polar surface area (TPSA) is 118 Å². The Morgan fingerprint density at radius 2 is 2.00 bits per heavy atom. The molecule has 1 aliphatic rings. The highest BCUT2D eigenvalue weighted by molar-refractivity contribution is 14.0. The number of aliphatic imine (C=N–C) groups is 1. The summed E-state index contributed by atoms with van der Waals surface area (Å²) in [5, 5.41) is 8.13. The van der Waals surface area contributed by atoms with Gasteiger partial charge in [0.1, 0.15) is 0 Å². The number of rotatable bonds is 4. The molecule has 0 unspecified atom stereocenters. The van der Waals surface area contributed by atoms with Crippen LogP contribution in [0.4, 0.5) is 5.13 Å². The van der Waals surface area contributed by atoms with E-state index in [-0.39, 0.29) is 28.9 Å². The molecule has 0 spiro atoms. The van der Waals surface area contributed by atoms with Gasteiger partial charge in [0.25, 0.3) is 0 Å². The minimum absolute atomic E-state index is 0. The highest BCUT2D eigenvalue weighted by Crippen LogP contribution is 2.18. The zero-order valence-corrected chi connectivity index (χ0v) is 17.9. The largest absolute Gasteiger partial charge is 0.370 e. The highest BCUT2D eigenvalue weighted by atomic mass is 127. The number of aromatic nitrogens is 1. The van der Waals surface area contributed by atoms with Gasteiger partial charge < -0.3 is 15.5 Å². The van der Waals surface area contributed by atoms with Crippen molar-refractivity contribution in [2.45, 2.75) is 11.4 Å². The highest BCUT2D eigenvalue weighted by Gasteiger charge is 2.19. The molecule has 0 bridgehead atoms. The van der Waals surface area contributed by atoms with E-state index in [0.29, 0.717) is 12.5 Å². The number of thiazole rings is 1. The van der Waals surface area contributed by atoms with E-state index < -0.39 is 10.0 Å². The molecule has 0 radical (unpaired) electrons. The first-order valence-corrected chi connectivity index (χ1v) is 10.2. The van der Waals surface area contributed by atoms with Crippen molar-refractivity contribution in [3.05, 3.63) is 41.4 Å². The maximum Gasteiger partial charge on any atom is 0.238 e. The van der Waals surface area contributed by atoms with E-state index in [9.17, 15) is 8.42 Å². The second-order valence-corrected chi connectivity index (χ2v) is 8.09. The lowest BCUT2D eigenvalue weighted by atomic mass is 10.2. The smallest absolute Gasteiger partial charge is 0.238 e. The van der Waals surface area contributed by atoms with Gasteiger partial charge in [-0.05, 0) is 17.7 Å². The Bertz CT molecular complexity index is 849. The first-order chi connectivity index (χ1) is 11.9. The van der Waals surface area contributed by atoms with Crippen LogP contribution in [-0.4, -0.2) is 50.4 Å². The van der Waals surface area contributed by atoms with Gasteiger partial charge in [0.05, 0.1) is 11.4 Å². The predicted molar refractivity (Wildman–Crippen MR) is 114 cm³/mol. The van der Waals surface area contributed by atoms with E-state index in [1.807, 2.05) is 10.3 Å². The van der Waals surface area contributed by atoms with Crippen molar-refractivity contribution in [1.82, 2.24) is 9.88 Å². The van der Waals surface area contributed by atoms with E-state index in [4.69, 9.17) is 10.9 Å². The SMILES string of the molecule is I.NC(=NCc1cccc(S(N)(=O)=O)c1)N1CCN(c2nccs2)CC1. The van der Waals surface area contributed by atoms with Gasteiger partial charge in [0, 0.05) is 37.8 Å². The molecule has 4 N–H and O–H groups in total. The van der Waals surface area contributed by atoms with Crippen LogP contribution < -0.4 is 15.8 Å².